The van der Waals surface area contributed by atoms with Gasteiger partial charge in [0.05, 0.1) is 31.8 Å². The molecule has 150 valence electrons. The molecular formula is C20H34O6. The molecule has 2 saturated carbocycles. The van der Waals surface area contributed by atoms with Crippen LogP contribution in [0, 0.1) is 17.3 Å². The van der Waals surface area contributed by atoms with Crippen molar-refractivity contribution in [3.05, 3.63) is 0 Å². The Labute approximate surface area is 156 Å². The Hall–Kier alpha value is -0.240. The van der Waals surface area contributed by atoms with Gasteiger partial charge in [-0.05, 0) is 43.9 Å². The molecule has 2 aliphatic carbocycles. The molecule has 6 nitrogen and oxygen atoms in total. The maximum absolute atomic E-state index is 9.32. The molecule has 4 rings (SSSR count). The molecule has 0 radical (unpaired) electrons. The second-order valence-corrected chi connectivity index (χ2v) is 9.06. The van der Waals surface area contributed by atoms with Crippen LogP contribution >= 0.6 is 0 Å². The molecule has 0 amide bonds. The van der Waals surface area contributed by atoms with Gasteiger partial charge in [0.15, 0.2) is 11.6 Å². The first-order valence-electron chi connectivity index (χ1n) is 10.4. The monoisotopic (exact) mass is 370 g/mol. The van der Waals surface area contributed by atoms with Crippen molar-refractivity contribution in [2.45, 2.75) is 69.4 Å². The van der Waals surface area contributed by atoms with Gasteiger partial charge < -0.3 is 29.2 Å². The van der Waals surface area contributed by atoms with Crippen molar-refractivity contribution >= 4 is 0 Å². The summed E-state index contributed by atoms with van der Waals surface area (Å²) in [5, 5.41) is 18.4. The van der Waals surface area contributed by atoms with E-state index in [4.69, 9.17) is 24.1 Å². The SMILES string of the molecule is OCCC1CCC2(CC1)OCC1(COC3(CCC(CO)CC3)OC1)CO2. The van der Waals surface area contributed by atoms with Crippen molar-refractivity contribution in [1.82, 2.24) is 0 Å². The van der Waals surface area contributed by atoms with Gasteiger partial charge in [0.25, 0.3) is 0 Å². The number of rotatable bonds is 3. The third kappa shape index (κ3) is 3.82. The van der Waals surface area contributed by atoms with E-state index in [1.807, 2.05) is 0 Å². The summed E-state index contributed by atoms with van der Waals surface area (Å²) in [7, 11) is 0. The maximum Gasteiger partial charge on any atom is 0.168 e. The highest BCUT2D eigenvalue weighted by Gasteiger charge is 2.52. The van der Waals surface area contributed by atoms with Gasteiger partial charge in [-0.1, -0.05) is 0 Å². The molecule has 3 spiro atoms. The topological polar surface area (TPSA) is 77.4 Å². The predicted molar refractivity (Wildman–Crippen MR) is 94.4 cm³/mol. The third-order valence-corrected chi connectivity index (χ3v) is 7.10. The minimum Gasteiger partial charge on any atom is -0.396 e. The molecule has 26 heavy (non-hydrogen) atoms. The van der Waals surface area contributed by atoms with Gasteiger partial charge in [-0.15, -0.1) is 0 Å². The van der Waals surface area contributed by atoms with Crippen LogP contribution in [-0.4, -0.2) is 61.4 Å². The van der Waals surface area contributed by atoms with E-state index in [1.165, 1.54) is 0 Å². The second-order valence-electron chi connectivity index (χ2n) is 9.06. The van der Waals surface area contributed by atoms with E-state index >= 15 is 0 Å². The summed E-state index contributed by atoms with van der Waals surface area (Å²) >= 11 is 0. The molecule has 0 atom stereocenters. The van der Waals surface area contributed by atoms with E-state index in [2.05, 4.69) is 0 Å². The number of aliphatic hydroxyl groups excluding tert-OH is 2. The van der Waals surface area contributed by atoms with Crippen LogP contribution in [0.4, 0.5) is 0 Å². The molecule has 0 aromatic rings. The summed E-state index contributed by atoms with van der Waals surface area (Å²) in [5.74, 6) is 0.120. The third-order valence-electron chi connectivity index (χ3n) is 7.10. The molecule has 2 N–H and O–H groups in total. The Morgan fingerprint density at radius 1 is 0.654 bits per heavy atom. The van der Waals surface area contributed by atoms with Crippen LogP contribution in [0.5, 0.6) is 0 Å². The predicted octanol–water partition coefficient (Wildman–Crippen LogP) is 2.21. The minimum atomic E-state index is -0.450. The van der Waals surface area contributed by atoms with Gasteiger partial charge in [0.2, 0.25) is 0 Å². The average Bonchev–Trinajstić information content (AvgIpc) is 2.70. The summed E-state index contributed by atoms with van der Waals surface area (Å²) in [6.45, 7) is 3.06. The summed E-state index contributed by atoms with van der Waals surface area (Å²) in [4.78, 5) is 0. The summed E-state index contributed by atoms with van der Waals surface area (Å²) in [5.41, 5.74) is -0.188. The summed E-state index contributed by atoms with van der Waals surface area (Å²) < 4.78 is 25.0. The van der Waals surface area contributed by atoms with Crippen LogP contribution in [0.1, 0.15) is 57.8 Å². The van der Waals surface area contributed by atoms with E-state index in [1.54, 1.807) is 0 Å². The van der Waals surface area contributed by atoms with E-state index in [0.29, 0.717) is 38.3 Å². The van der Waals surface area contributed by atoms with Crippen LogP contribution in [0.15, 0.2) is 0 Å². The van der Waals surface area contributed by atoms with Crippen LogP contribution in [-0.2, 0) is 18.9 Å². The standard InChI is InChI=1S/C20H34O6/c21-10-5-16-1-6-19(7-2-16)23-12-18(13-24-19)14-25-20(26-15-18)8-3-17(11-22)4-9-20/h16-17,21-22H,1-15H2. The quantitative estimate of drug-likeness (QED) is 0.793. The Morgan fingerprint density at radius 3 is 1.46 bits per heavy atom. The van der Waals surface area contributed by atoms with Crippen molar-refractivity contribution in [3.8, 4) is 0 Å². The van der Waals surface area contributed by atoms with E-state index in [0.717, 1.165) is 57.8 Å². The number of aliphatic hydroxyl groups is 2. The van der Waals surface area contributed by atoms with Gasteiger partial charge in [-0.2, -0.15) is 0 Å². The van der Waals surface area contributed by atoms with Crippen molar-refractivity contribution in [2.75, 3.05) is 39.6 Å². The molecule has 4 fully saturated rings. The lowest BCUT2D eigenvalue weighted by Crippen LogP contribution is -2.60. The van der Waals surface area contributed by atoms with Gasteiger partial charge in [0, 0.05) is 38.9 Å². The van der Waals surface area contributed by atoms with Crippen LogP contribution in [0.2, 0.25) is 0 Å². The fourth-order valence-electron chi connectivity index (χ4n) is 4.94. The van der Waals surface area contributed by atoms with E-state index in [9.17, 15) is 5.11 Å². The lowest BCUT2D eigenvalue weighted by Gasteiger charge is -2.53. The zero-order valence-corrected chi connectivity index (χ0v) is 15.8. The first kappa shape index (κ1) is 19.1. The normalized spacial score (nSPS) is 46.8. The zero-order chi connectivity index (χ0) is 18.1. The summed E-state index contributed by atoms with van der Waals surface area (Å²) in [6, 6.07) is 0. The molecule has 0 unspecified atom stereocenters. The zero-order valence-electron chi connectivity index (χ0n) is 15.8. The molecule has 2 aliphatic heterocycles. The molecule has 0 aromatic heterocycles. The minimum absolute atomic E-state index is 0.188. The molecule has 2 saturated heterocycles. The van der Waals surface area contributed by atoms with Gasteiger partial charge >= 0.3 is 0 Å². The fourth-order valence-corrected chi connectivity index (χ4v) is 4.94. The molecule has 0 bridgehead atoms. The van der Waals surface area contributed by atoms with E-state index in [-0.39, 0.29) is 18.6 Å². The van der Waals surface area contributed by atoms with Gasteiger partial charge in [0.1, 0.15) is 0 Å². The van der Waals surface area contributed by atoms with Gasteiger partial charge in [-0.3, -0.25) is 0 Å². The average molecular weight is 370 g/mol. The summed E-state index contributed by atoms with van der Waals surface area (Å²) in [6.07, 6.45) is 8.53. The Morgan fingerprint density at radius 2 is 1.08 bits per heavy atom. The Balaban J connectivity index is 1.27. The number of ether oxygens (including phenoxy) is 4. The molecular weight excluding hydrogens is 336 g/mol. The highest BCUT2D eigenvalue weighted by molar-refractivity contribution is 4.93. The highest BCUT2D eigenvalue weighted by atomic mass is 16.7. The van der Waals surface area contributed by atoms with Crippen LogP contribution < -0.4 is 0 Å². The molecule has 6 heteroatoms. The fraction of sp³-hybridized carbons (Fsp3) is 1.00. The first-order chi connectivity index (χ1) is 12.6. The lowest BCUT2D eigenvalue weighted by atomic mass is 9.81. The van der Waals surface area contributed by atoms with Crippen molar-refractivity contribution < 1.29 is 29.2 Å². The molecule has 4 aliphatic rings. The number of hydrogen-bond donors (Lipinski definition) is 2. The van der Waals surface area contributed by atoms with Crippen LogP contribution in [0.25, 0.3) is 0 Å². The van der Waals surface area contributed by atoms with Crippen molar-refractivity contribution in [2.24, 2.45) is 17.3 Å². The lowest BCUT2D eigenvalue weighted by molar-refractivity contribution is -0.378. The van der Waals surface area contributed by atoms with E-state index < -0.39 is 11.6 Å². The largest absolute Gasteiger partial charge is 0.396 e. The first-order valence-corrected chi connectivity index (χ1v) is 10.4. The number of hydrogen-bond acceptors (Lipinski definition) is 6. The Bertz CT molecular complexity index is 443. The Kier molecular flexibility index (Phi) is 5.61. The van der Waals surface area contributed by atoms with Gasteiger partial charge in [-0.25, -0.2) is 0 Å². The maximum atomic E-state index is 9.32. The van der Waals surface area contributed by atoms with Crippen LogP contribution in [0.3, 0.4) is 0 Å². The molecule has 0 aromatic carbocycles. The highest BCUT2D eigenvalue weighted by Crippen LogP contribution is 2.46. The second kappa shape index (κ2) is 7.64. The van der Waals surface area contributed by atoms with Crippen molar-refractivity contribution in [3.63, 3.8) is 0 Å². The smallest absolute Gasteiger partial charge is 0.168 e. The van der Waals surface area contributed by atoms with Crippen molar-refractivity contribution in [1.29, 1.82) is 0 Å². The molecule has 2 heterocycles.